The van der Waals surface area contributed by atoms with Gasteiger partial charge in [0.05, 0.1) is 12.9 Å². The monoisotopic (exact) mass is 544 g/mol. The number of esters is 1. The Hall–Kier alpha value is -2.87. The van der Waals surface area contributed by atoms with Crippen molar-refractivity contribution in [1.29, 1.82) is 0 Å². The first kappa shape index (κ1) is 26.4. The smallest absolute Gasteiger partial charge is 0.328 e. The van der Waals surface area contributed by atoms with Crippen molar-refractivity contribution in [1.82, 2.24) is 15.6 Å². The van der Waals surface area contributed by atoms with Crippen LogP contribution in [0.25, 0.3) is 0 Å². The van der Waals surface area contributed by atoms with Crippen molar-refractivity contribution in [2.75, 3.05) is 26.0 Å². The number of nitrogens with two attached hydrogens (primary N) is 1. The Labute approximate surface area is 202 Å². The molecule has 2 rings (SSSR count). The van der Waals surface area contributed by atoms with E-state index >= 15 is 0 Å². The van der Waals surface area contributed by atoms with Crippen LogP contribution < -0.4 is 16.5 Å². The highest BCUT2D eigenvalue weighted by Crippen LogP contribution is 2.38. The van der Waals surface area contributed by atoms with Gasteiger partial charge in [-0.2, -0.15) is 0 Å². The normalized spacial score (nSPS) is 16.9. The van der Waals surface area contributed by atoms with Crippen LogP contribution in [0.3, 0.4) is 0 Å². The molecule has 1 aromatic rings. The largest absolute Gasteiger partial charge is 0.467 e. The summed E-state index contributed by atoms with van der Waals surface area (Å²) in [6.45, 7) is 0.323. The number of aliphatic imine (C=N–C) groups is 1. The zero-order chi connectivity index (χ0) is 24.4. The van der Waals surface area contributed by atoms with Gasteiger partial charge in [0.1, 0.15) is 11.4 Å². The first-order chi connectivity index (χ1) is 15.7. The van der Waals surface area contributed by atoms with Crippen molar-refractivity contribution < 1.29 is 24.2 Å². The van der Waals surface area contributed by atoms with Gasteiger partial charge in [-0.05, 0) is 30.5 Å². The van der Waals surface area contributed by atoms with Crippen molar-refractivity contribution in [3.05, 3.63) is 44.4 Å². The highest BCUT2D eigenvalue weighted by atomic mass is 79.9. The third kappa shape index (κ3) is 8.53. The summed E-state index contributed by atoms with van der Waals surface area (Å²) in [6, 6.07) is 6.74. The highest BCUT2D eigenvalue weighted by Gasteiger charge is 2.33. The fourth-order valence-corrected chi connectivity index (χ4v) is 4.59. The average Bonchev–Trinajstić information content (AvgIpc) is 3.14. The summed E-state index contributed by atoms with van der Waals surface area (Å²) in [5.74, 6) is -1.09. The number of nitrogens with zero attached hydrogens (tertiary/aromatic N) is 3. The molecule has 0 radical (unpaired) electrons. The lowest BCUT2D eigenvalue weighted by Gasteiger charge is -2.24. The highest BCUT2D eigenvalue weighted by molar-refractivity contribution is 9.10. The molecule has 1 heterocycles. The van der Waals surface area contributed by atoms with Gasteiger partial charge >= 0.3 is 5.97 Å². The van der Waals surface area contributed by atoms with E-state index in [2.05, 4.69) is 26.2 Å². The van der Waals surface area contributed by atoms with Crippen LogP contribution in [0.2, 0.25) is 0 Å². The molecule has 0 aliphatic carbocycles. The van der Waals surface area contributed by atoms with Crippen LogP contribution in [0.5, 0.6) is 0 Å². The van der Waals surface area contributed by atoms with Crippen LogP contribution in [0, 0.1) is 10.1 Å². The molecule has 1 unspecified atom stereocenters. The van der Waals surface area contributed by atoms with Gasteiger partial charge in [-0.1, -0.05) is 33.5 Å². The van der Waals surface area contributed by atoms with E-state index in [1.165, 1.54) is 18.9 Å². The number of guanidine groups is 1. The molecule has 12 nitrogen and oxygen atoms in total. The Morgan fingerprint density at radius 1 is 1.42 bits per heavy atom. The Bertz CT molecular complexity index is 899. The van der Waals surface area contributed by atoms with E-state index in [9.17, 15) is 24.5 Å². The molecule has 0 saturated carbocycles. The molecule has 1 aliphatic heterocycles. The summed E-state index contributed by atoms with van der Waals surface area (Å²) in [5.41, 5.74) is 8.01. The number of hydrogen-bond acceptors (Lipinski definition) is 8. The van der Waals surface area contributed by atoms with E-state index < -0.39 is 23.0 Å². The van der Waals surface area contributed by atoms with Crippen molar-refractivity contribution in [2.24, 2.45) is 10.7 Å². The maximum absolute atomic E-state index is 12.5. The van der Waals surface area contributed by atoms with Gasteiger partial charge in [0.15, 0.2) is 5.03 Å². The molecule has 1 aromatic carbocycles. The van der Waals surface area contributed by atoms with Gasteiger partial charge in [-0.25, -0.2) is 19.9 Å². The molecule has 1 fully saturated rings. The Kier molecular flexibility index (Phi) is 10.4. The predicted molar refractivity (Wildman–Crippen MR) is 125 cm³/mol. The summed E-state index contributed by atoms with van der Waals surface area (Å²) in [6.07, 6.45) is 0.547. The first-order valence-electron chi connectivity index (χ1n) is 9.96. The van der Waals surface area contributed by atoms with Crippen LogP contribution in [-0.2, 0) is 19.1 Å². The molecule has 14 heteroatoms. The van der Waals surface area contributed by atoms with E-state index in [4.69, 9.17) is 10.5 Å². The van der Waals surface area contributed by atoms with E-state index in [-0.39, 0.29) is 43.2 Å². The lowest BCUT2D eigenvalue weighted by Crippen LogP contribution is -2.43. The molecule has 1 aliphatic rings. The summed E-state index contributed by atoms with van der Waals surface area (Å²) in [4.78, 5) is 52.6. The number of ether oxygens (including phenoxy) is 1. The van der Waals surface area contributed by atoms with Crippen LogP contribution in [0.4, 0.5) is 0 Å². The second-order valence-electron chi connectivity index (χ2n) is 6.97. The van der Waals surface area contributed by atoms with Gasteiger partial charge in [-0.15, -0.1) is 11.8 Å². The molecule has 1 saturated heterocycles. The van der Waals surface area contributed by atoms with Gasteiger partial charge in [-0.3, -0.25) is 9.59 Å². The topological polar surface area (TPSA) is 169 Å². The maximum atomic E-state index is 12.5. The molecular formula is C19H25BrN6O6S. The van der Waals surface area contributed by atoms with E-state index in [0.717, 1.165) is 10.0 Å². The third-order valence-corrected chi connectivity index (χ3v) is 6.45. The summed E-state index contributed by atoms with van der Waals surface area (Å²) >= 11 is 4.89. The lowest BCUT2D eigenvalue weighted by atomic mass is 10.1. The number of benzene rings is 1. The average molecular weight is 545 g/mol. The maximum Gasteiger partial charge on any atom is 0.328 e. The standard InChI is InChI=1S/C19H25BrN6O6S/c1-32-18(29)14(3-2-9-22-19(21)24-26(30)31)23-15(27)8-10-25-16(28)11-33-17(25)12-4-6-13(20)7-5-12/h4-7,14,17H,2-3,8-11H2,1H3,(H,23,27)(H3,21,22,24)/t14-,17?/m0/s1. The van der Waals surface area contributed by atoms with Crippen LogP contribution >= 0.6 is 27.7 Å². The summed E-state index contributed by atoms with van der Waals surface area (Å²) < 4.78 is 5.67. The molecule has 2 amide bonds. The number of rotatable bonds is 11. The number of carbonyl (C=O) groups is 3. The second kappa shape index (κ2) is 13.0. The van der Waals surface area contributed by atoms with Crippen LogP contribution in [0.15, 0.2) is 33.7 Å². The number of nitrogens with one attached hydrogen (secondary N) is 2. The SMILES string of the molecule is COC(=O)[C@H](CCCN=C(N)N[N+](=O)[O-])NC(=O)CCN1C(=O)CSC1c1ccc(Br)cc1. The molecule has 33 heavy (non-hydrogen) atoms. The lowest BCUT2D eigenvalue weighted by molar-refractivity contribution is -0.525. The van der Waals surface area contributed by atoms with Crippen molar-refractivity contribution >= 4 is 51.4 Å². The van der Waals surface area contributed by atoms with Gasteiger partial charge < -0.3 is 20.7 Å². The van der Waals surface area contributed by atoms with E-state index in [0.29, 0.717) is 12.2 Å². The van der Waals surface area contributed by atoms with E-state index in [1.807, 2.05) is 24.3 Å². The van der Waals surface area contributed by atoms with Crippen LogP contribution in [0.1, 0.15) is 30.2 Å². The number of carbonyl (C=O) groups excluding carboxylic acids is 3. The second-order valence-corrected chi connectivity index (χ2v) is 8.96. The number of hydrogen-bond donors (Lipinski definition) is 3. The molecule has 0 spiro atoms. The Balaban J connectivity index is 1.88. The molecule has 180 valence electrons. The number of thioether (sulfide) groups is 1. The zero-order valence-corrected chi connectivity index (χ0v) is 20.3. The minimum Gasteiger partial charge on any atom is -0.467 e. The summed E-state index contributed by atoms with van der Waals surface area (Å²) in [5, 5.41) is 11.9. The number of nitro groups is 1. The number of methoxy groups -OCH3 is 1. The number of halogens is 1. The van der Waals surface area contributed by atoms with E-state index in [1.54, 1.807) is 10.3 Å². The minimum atomic E-state index is -0.909. The van der Waals surface area contributed by atoms with Crippen LogP contribution in [-0.4, -0.2) is 65.7 Å². The third-order valence-electron chi connectivity index (χ3n) is 4.66. The minimum absolute atomic E-state index is 0.0185. The fraction of sp³-hybridized carbons (Fsp3) is 0.474. The number of hydrazine groups is 1. The quantitative estimate of drug-likeness (QED) is 0.0915. The Morgan fingerprint density at radius 2 is 2.12 bits per heavy atom. The van der Waals surface area contributed by atoms with Gasteiger partial charge in [0.25, 0.3) is 5.96 Å². The molecule has 4 N–H and O–H groups in total. The van der Waals surface area contributed by atoms with Crippen molar-refractivity contribution in [3.8, 4) is 0 Å². The fourth-order valence-electron chi connectivity index (χ4n) is 3.10. The first-order valence-corrected chi connectivity index (χ1v) is 11.8. The molecule has 2 atom stereocenters. The Morgan fingerprint density at radius 3 is 2.76 bits per heavy atom. The summed E-state index contributed by atoms with van der Waals surface area (Å²) in [7, 11) is 1.21. The van der Waals surface area contributed by atoms with Crippen molar-refractivity contribution in [2.45, 2.75) is 30.7 Å². The van der Waals surface area contributed by atoms with Crippen molar-refractivity contribution in [3.63, 3.8) is 0 Å². The van der Waals surface area contributed by atoms with Gasteiger partial charge in [0.2, 0.25) is 11.8 Å². The zero-order valence-electron chi connectivity index (χ0n) is 17.9. The predicted octanol–water partition coefficient (Wildman–Crippen LogP) is 0.947. The molecule has 0 aromatic heterocycles. The number of amides is 2. The van der Waals surface area contributed by atoms with Gasteiger partial charge in [0, 0.05) is 24.0 Å². The molecular weight excluding hydrogens is 520 g/mol. The molecule has 0 bridgehead atoms.